The Labute approximate surface area is 151 Å². The lowest BCUT2D eigenvalue weighted by Gasteiger charge is -2.10. The van der Waals surface area contributed by atoms with Gasteiger partial charge < -0.3 is 10.1 Å². The van der Waals surface area contributed by atoms with Gasteiger partial charge in [0.15, 0.2) is 0 Å². The quantitative estimate of drug-likeness (QED) is 0.569. The van der Waals surface area contributed by atoms with Crippen molar-refractivity contribution in [1.82, 2.24) is 0 Å². The van der Waals surface area contributed by atoms with Crippen LogP contribution < -0.4 is 10.1 Å². The SMILES string of the molecule is Cc1ccccc1COc1ccc(CNc2ccc(Br)cc2)cc1. The van der Waals surface area contributed by atoms with Crippen LogP contribution in [0.25, 0.3) is 0 Å². The maximum absolute atomic E-state index is 5.88. The number of nitrogens with one attached hydrogen (secondary N) is 1. The Hall–Kier alpha value is -2.26. The van der Waals surface area contributed by atoms with Gasteiger partial charge in [-0.1, -0.05) is 52.3 Å². The van der Waals surface area contributed by atoms with E-state index in [1.807, 2.05) is 36.4 Å². The van der Waals surface area contributed by atoms with Crippen molar-refractivity contribution < 1.29 is 4.74 Å². The average molecular weight is 382 g/mol. The van der Waals surface area contributed by atoms with Crippen LogP contribution in [0.5, 0.6) is 5.75 Å². The van der Waals surface area contributed by atoms with E-state index in [0.717, 1.165) is 22.5 Å². The van der Waals surface area contributed by atoms with Crippen LogP contribution in [-0.2, 0) is 13.2 Å². The first-order valence-electron chi connectivity index (χ1n) is 7.96. The van der Waals surface area contributed by atoms with E-state index in [9.17, 15) is 0 Å². The van der Waals surface area contributed by atoms with Gasteiger partial charge in [0.05, 0.1) is 0 Å². The van der Waals surface area contributed by atoms with Gasteiger partial charge in [-0.05, 0) is 60.0 Å². The minimum Gasteiger partial charge on any atom is -0.489 e. The van der Waals surface area contributed by atoms with Gasteiger partial charge in [0, 0.05) is 16.7 Å². The lowest BCUT2D eigenvalue weighted by atomic mass is 10.1. The molecule has 0 unspecified atom stereocenters. The molecule has 0 atom stereocenters. The first-order valence-corrected chi connectivity index (χ1v) is 8.76. The summed E-state index contributed by atoms with van der Waals surface area (Å²) in [6.07, 6.45) is 0. The number of hydrogen-bond donors (Lipinski definition) is 1. The highest BCUT2D eigenvalue weighted by molar-refractivity contribution is 9.10. The summed E-state index contributed by atoms with van der Waals surface area (Å²) >= 11 is 3.44. The van der Waals surface area contributed by atoms with Crippen LogP contribution in [0.15, 0.2) is 77.3 Å². The van der Waals surface area contributed by atoms with E-state index >= 15 is 0 Å². The van der Waals surface area contributed by atoms with E-state index in [0.29, 0.717) is 6.61 Å². The summed E-state index contributed by atoms with van der Waals surface area (Å²) in [6.45, 7) is 3.50. The zero-order chi connectivity index (χ0) is 16.8. The van der Waals surface area contributed by atoms with Gasteiger partial charge in [-0.15, -0.1) is 0 Å². The van der Waals surface area contributed by atoms with E-state index < -0.39 is 0 Å². The minimum absolute atomic E-state index is 0.600. The maximum atomic E-state index is 5.88. The standard InChI is InChI=1S/C21H20BrNO/c1-16-4-2-3-5-18(16)15-24-21-12-6-17(7-13-21)14-23-20-10-8-19(22)9-11-20/h2-13,23H,14-15H2,1H3. The van der Waals surface area contributed by atoms with Gasteiger partial charge in [0.1, 0.15) is 12.4 Å². The van der Waals surface area contributed by atoms with Crippen LogP contribution >= 0.6 is 15.9 Å². The van der Waals surface area contributed by atoms with Gasteiger partial charge in [0.25, 0.3) is 0 Å². The van der Waals surface area contributed by atoms with Gasteiger partial charge in [-0.2, -0.15) is 0 Å². The predicted octanol–water partition coefficient (Wildman–Crippen LogP) is 5.95. The van der Waals surface area contributed by atoms with Crippen LogP contribution in [0, 0.1) is 6.92 Å². The molecular formula is C21H20BrNO. The second-order valence-corrected chi connectivity index (χ2v) is 6.64. The van der Waals surface area contributed by atoms with Crippen molar-refractivity contribution in [3.05, 3.63) is 94.0 Å². The summed E-state index contributed by atoms with van der Waals surface area (Å²) in [7, 11) is 0. The normalized spacial score (nSPS) is 10.4. The van der Waals surface area contributed by atoms with Crippen molar-refractivity contribution in [2.45, 2.75) is 20.1 Å². The smallest absolute Gasteiger partial charge is 0.119 e. The molecule has 3 rings (SSSR count). The Balaban J connectivity index is 1.53. The molecule has 0 aliphatic carbocycles. The predicted molar refractivity (Wildman–Crippen MR) is 103 cm³/mol. The molecular weight excluding hydrogens is 362 g/mol. The molecule has 0 radical (unpaired) electrons. The zero-order valence-electron chi connectivity index (χ0n) is 13.6. The van der Waals surface area contributed by atoms with Gasteiger partial charge in [0.2, 0.25) is 0 Å². The van der Waals surface area contributed by atoms with Crippen LogP contribution in [-0.4, -0.2) is 0 Å². The molecule has 0 spiro atoms. The molecule has 2 nitrogen and oxygen atoms in total. The molecule has 0 bridgehead atoms. The molecule has 0 aromatic heterocycles. The van der Waals surface area contributed by atoms with Crippen molar-refractivity contribution in [3.8, 4) is 5.75 Å². The van der Waals surface area contributed by atoms with Crippen LogP contribution in [0.4, 0.5) is 5.69 Å². The van der Waals surface area contributed by atoms with Crippen molar-refractivity contribution >= 4 is 21.6 Å². The van der Waals surface area contributed by atoms with E-state index in [-0.39, 0.29) is 0 Å². The van der Waals surface area contributed by atoms with Crippen molar-refractivity contribution in [3.63, 3.8) is 0 Å². The third-order valence-electron chi connectivity index (χ3n) is 3.92. The average Bonchev–Trinajstić information content (AvgIpc) is 2.61. The van der Waals surface area contributed by atoms with Crippen molar-refractivity contribution in [2.75, 3.05) is 5.32 Å². The summed E-state index contributed by atoms with van der Waals surface area (Å²) in [5.41, 5.74) is 4.81. The van der Waals surface area contributed by atoms with Gasteiger partial charge in [-0.3, -0.25) is 0 Å². The summed E-state index contributed by atoms with van der Waals surface area (Å²) in [5, 5.41) is 3.41. The van der Waals surface area contributed by atoms with E-state index in [1.165, 1.54) is 16.7 Å². The second-order valence-electron chi connectivity index (χ2n) is 5.72. The molecule has 0 amide bonds. The lowest BCUT2D eigenvalue weighted by Crippen LogP contribution is -2.00. The third-order valence-corrected chi connectivity index (χ3v) is 4.45. The van der Waals surface area contributed by atoms with Gasteiger partial charge in [-0.25, -0.2) is 0 Å². The summed E-state index contributed by atoms with van der Waals surface area (Å²) in [4.78, 5) is 0. The van der Waals surface area contributed by atoms with E-state index in [1.54, 1.807) is 0 Å². The Bertz CT molecular complexity index is 782. The highest BCUT2D eigenvalue weighted by Crippen LogP contribution is 2.18. The molecule has 1 N–H and O–H groups in total. The zero-order valence-corrected chi connectivity index (χ0v) is 15.2. The maximum Gasteiger partial charge on any atom is 0.119 e. The first kappa shape index (κ1) is 16.6. The van der Waals surface area contributed by atoms with Crippen LogP contribution in [0.1, 0.15) is 16.7 Å². The minimum atomic E-state index is 0.600. The number of benzene rings is 3. The second kappa shape index (κ2) is 8.02. The van der Waals surface area contributed by atoms with Crippen LogP contribution in [0.3, 0.4) is 0 Å². The number of hydrogen-bond acceptors (Lipinski definition) is 2. The molecule has 24 heavy (non-hydrogen) atoms. The first-order chi connectivity index (χ1) is 11.7. The molecule has 0 heterocycles. The molecule has 0 saturated heterocycles. The fourth-order valence-corrected chi connectivity index (χ4v) is 2.67. The molecule has 3 aromatic carbocycles. The number of halogens is 1. The van der Waals surface area contributed by atoms with Crippen molar-refractivity contribution in [2.24, 2.45) is 0 Å². The van der Waals surface area contributed by atoms with Crippen molar-refractivity contribution in [1.29, 1.82) is 0 Å². The van der Waals surface area contributed by atoms with Crippen LogP contribution in [0.2, 0.25) is 0 Å². The highest BCUT2D eigenvalue weighted by atomic mass is 79.9. The fraction of sp³-hybridized carbons (Fsp3) is 0.143. The Kier molecular flexibility index (Phi) is 5.55. The molecule has 0 fully saturated rings. The lowest BCUT2D eigenvalue weighted by molar-refractivity contribution is 0.305. The monoisotopic (exact) mass is 381 g/mol. The third kappa shape index (κ3) is 4.62. The van der Waals surface area contributed by atoms with Gasteiger partial charge >= 0.3 is 0 Å². The number of ether oxygens (including phenoxy) is 1. The number of aryl methyl sites for hydroxylation is 1. The Morgan fingerprint density at radius 2 is 1.58 bits per heavy atom. The molecule has 0 aliphatic rings. The van der Waals surface area contributed by atoms with E-state index in [4.69, 9.17) is 4.74 Å². The summed E-state index contributed by atoms with van der Waals surface area (Å²) < 4.78 is 6.96. The Morgan fingerprint density at radius 3 is 2.29 bits per heavy atom. The van der Waals surface area contributed by atoms with E-state index in [2.05, 4.69) is 64.6 Å². The highest BCUT2D eigenvalue weighted by Gasteiger charge is 2.00. The molecule has 0 aliphatic heterocycles. The molecule has 122 valence electrons. The summed E-state index contributed by atoms with van der Waals surface area (Å²) in [6, 6.07) is 24.7. The number of anilines is 1. The Morgan fingerprint density at radius 1 is 0.875 bits per heavy atom. The summed E-state index contributed by atoms with van der Waals surface area (Å²) in [5.74, 6) is 0.894. The molecule has 0 saturated carbocycles. The molecule has 3 heteroatoms. The topological polar surface area (TPSA) is 21.3 Å². The largest absolute Gasteiger partial charge is 0.489 e. The fourth-order valence-electron chi connectivity index (χ4n) is 2.41. The molecule has 3 aromatic rings. The number of rotatable bonds is 6.